The number of H-pyrrole nitrogens is 1. The zero-order valence-corrected chi connectivity index (χ0v) is 7.07. The fraction of sp³-hybridized carbons (Fsp3) is 0. The van der Waals surface area contributed by atoms with E-state index in [2.05, 4.69) is 11.2 Å². The lowest BCUT2D eigenvalue weighted by molar-refractivity contribution is 1.46. The molecule has 2 heterocycles. The molecule has 51 valence electrons. The molecule has 4 heteroatoms. The number of aromatic nitrogens is 1. The van der Waals surface area contributed by atoms with Crippen molar-refractivity contribution in [3.8, 4) is 0 Å². The van der Waals surface area contributed by atoms with Crippen molar-refractivity contribution in [2.24, 2.45) is 0 Å². The Morgan fingerprint density at radius 3 is 3.00 bits per heavy atom. The van der Waals surface area contributed by atoms with Crippen LogP contribution < -0.4 is 0 Å². The molecule has 0 aromatic carbocycles. The minimum Gasteiger partial charge on any atom is -0.351 e. The summed E-state index contributed by atoms with van der Waals surface area (Å²) in [7, 11) is 0. The molecule has 0 atom stereocenters. The highest BCUT2D eigenvalue weighted by molar-refractivity contribution is 7.23. The highest BCUT2D eigenvalue weighted by atomic mass is 35.5. The van der Waals surface area contributed by atoms with Gasteiger partial charge in [0.2, 0.25) is 0 Å². The van der Waals surface area contributed by atoms with E-state index in [1.807, 2.05) is 6.07 Å². The van der Waals surface area contributed by atoms with Crippen LogP contribution in [0.2, 0.25) is 9.36 Å². The molecule has 0 saturated carbocycles. The lowest BCUT2D eigenvalue weighted by Gasteiger charge is -1.79. The zero-order valence-electron chi connectivity index (χ0n) is 4.74. The largest absolute Gasteiger partial charge is 0.351 e. The lowest BCUT2D eigenvalue weighted by atomic mass is 10.5. The van der Waals surface area contributed by atoms with Crippen molar-refractivity contribution in [1.82, 2.24) is 4.98 Å². The number of fused-ring (bicyclic) bond motifs is 1. The Bertz CT molecular complexity index is 363. The van der Waals surface area contributed by atoms with E-state index in [0.717, 1.165) is 10.2 Å². The van der Waals surface area contributed by atoms with Gasteiger partial charge in [0.05, 0.1) is 21.4 Å². The Labute approximate surface area is 71.6 Å². The predicted molar refractivity (Wildman–Crippen MR) is 45.0 cm³/mol. The molecule has 10 heavy (non-hydrogen) atoms. The molecule has 2 aromatic rings. The standard InChI is InChI=1S/C6H2Cl2NS/c7-4-5-3(1-2-9-5)10-6(4)8/h1,9H. The van der Waals surface area contributed by atoms with Crippen LogP contribution >= 0.6 is 34.5 Å². The number of hydrogen-bond donors (Lipinski definition) is 1. The van der Waals surface area contributed by atoms with Gasteiger partial charge in [-0.05, 0) is 6.07 Å². The van der Waals surface area contributed by atoms with E-state index in [-0.39, 0.29) is 0 Å². The van der Waals surface area contributed by atoms with Crippen LogP contribution in [-0.4, -0.2) is 4.98 Å². The first-order valence-corrected chi connectivity index (χ1v) is 4.19. The molecular formula is C6H2Cl2NS. The summed E-state index contributed by atoms with van der Waals surface area (Å²) in [5.41, 5.74) is 0.886. The first-order valence-electron chi connectivity index (χ1n) is 2.61. The van der Waals surface area contributed by atoms with Gasteiger partial charge >= 0.3 is 0 Å². The van der Waals surface area contributed by atoms with Gasteiger partial charge in [-0.3, -0.25) is 0 Å². The molecule has 2 aromatic heterocycles. The third kappa shape index (κ3) is 0.764. The molecular weight excluding hydrogens is 189 g/mol. The van der Waals surface area contributed by atoms with E-state index in [1.54, 1.807) is 0 Å². The third-order valence-electron chi connectivity index (χ3n) is 1.24. The molecule has 0 bridgehead atoms. The van der Waals surface area contributed by atoms with Gasteiger partial charge in [0, 0.05) is 0 Å². The van der Waals surface area contributed by atoms with Crippen molar-refractivity contribution in [1.29, 1.82) is 0 Å². The van der Waals surface area contributed by atoms with Gasteiger partial charge in [0.25, 0.3) is 0 Å². The summed E-state index contributed by atoms with van der Waals surface area (Å²) in [5, 5.41) is 0.600. The second-order valence-corrected chi connectivity index (χ2v) is 3.87. The Morgan fingerprint density at radius 1 is 1.50 bits per heavy atom. The average molecular weight is 191 g/mol. The van der Waals surface area contributed by atoms with Crippen molar-refractivity contribution in [3.05, 3.63) is 21.6 Å². The number of hydrogen-bond acceptors (Lipinski definition) is 1. The number of nitrogens with one attached hydrogen (secondary N) is 1. The van der Waals surface area contributed by atoms with Crippen LogP contribution in [0.5, 0.6) is 0 Å². The summed E-state index contributed by atoms with van der Waals surface area (Å²) in [6, 6.07) is 1.83. The lowest BCUT2D eigenvalue weighted by Crippen LogP contribution is -1.58. The molecule has 0 unspecified atom stereocenters. The second-order valence-electron chi connectivity index (χ2n) is 1.84. The topological polar surface area (TPSA) is 15.8 Å². The SMILES string of the molecule is Clc1sc2c[c][nH]c2c1Cl. The van der Waals surface area contributed by atoms with Crippen LogP contribution in [0.3, 0.4) is 0 Å². The average Bonchev–Trinajstić information content (AvgIpc) is 2.41. The molecule has 1 N–H and O–H groups in total. The molecule has 0 aliphatic carbocycles. The Kier molecular flexibility index (Phi) is 1.41. The van der Waals surface area contributed by atoms with Crippen LogP contribution in [0.4, 0.5) is 0 Å². The Hall–Kier alpha value is -0.180. The summed E-state index contributed by atoms with van der Waals surface area (Å²) in [4.78, 5) is 2.88. The van der Waals surface area contributed by atoms with Gasteiger partial charge in [0.1, 0.15) is 4.34 Å². The van der Waals surface area contributed by atoms with Gasteiger partial charge in [-0.25, -0.2) is 0 Å². The maximum Gasteiger partial charge on any atom is 0.114 e. The number of aromatic amines is 1. The molecule has 0 saturated heterocycles. The van der Waals surface area contributed by atoms with Gasteiger partial charge < -0.3 is 4.98 Å². The van der Waals surface area contributed by atoms with Crippen molar-refractivity contribution < 1.29 is 0 Å². The van der Waals surface area contributed by atoms with E-state index < -0.39 is 0 Å². The van der Waals surface area contributed by atoms with E-state index in [1.165, 1.54) is 11.3 Å². The van der Waals surface area contributed by atoms with Crippen molar-refractivity contribution in [3.63, 3.8) is 0 Å². The van der Waals surface area contributed by atoms with Gasteiger partial charge in [-0.2, -0.15) is 0 Å². The normalized spacial score (nSPS) is 11.0. The monoisotopic (exact) mass is 190 g/mol. The molecule has 1 radical (unpaired) electrons. The van der Waals surface area contributed by atoms with E-state index in [4.69, 9.17) is 23.2 Å². The molecule has 0 aliphatic rings. The van der Waals surface area contributed by atoms with Crippen LogP contribution in [-0.2, 0) is 0 Å². The summed E-state index contributed by atoms with van der Waals surface area (Å²) in [6.45, 7) is 0. The second kappa shape index (κ2) is 2.16. The number of thiophene rings is 1. The fourth-order valence-corrected chi connectivity index (χ4v) is 2.21. The number of rotatable bonds is 0. The summed E-state index contributed by atoms with van der Waals surface area (Å²) >= 11 is 13.0. The van der Waals surface area contributed by atoms with Crippen LogP contribution in [0.1, 0.15) is 0 Å². The summed E-state index contributed by atoms with van der Waals surface area (Å²) in [6.07, 6.45) is 2.83. The maximum atomic E-state index is 5.81. The van der Waals surface area contributed by atoms with Crippen molar-refractivity contribution >= 4 is 44.8 Å². The minimum absolute atomic E-state index is 0.600. The summed E-state index contributed by atoms with van der Waals surface area (Å²) < 4.78 is 1.69. The highest BCUT2D eigenvalue weighted by Crippen LogP contribution is 2.37. The van der Waals surface area contributed by atoms with E-state index in [0.29, 0.717) is 9.36 Å². The van der Waals surface area contributed by atoms with E-state index >= 15 is 0 Å². The quantitative estimate of drug-likeness (QED) is 0.657. The Balaban J connectivity index is 2.95. The van der Waals surface area contributed by atoms with Crippen LogP contribution in [0, 0.1) is 6.20 Å². The molecule has 1 nitrogen and oxygen atoms in total. The van der Waals surface area contributed by atoms with Gasteiger partial charge in [-0.15, -0.1) is 11.3 Å². The molecule has 0 amide bonds. The predicted octanol–water partition coefficient (Wildman–Crippen LogP) is 3.34. The fourth-order valence-electron chi connectivity index (χ4n) is 0.791. The summed E-state index contributed by atoms with van der Waals surface area (Å²) in [5.74, 6) is 0. The molecule has 0 fully saturated rings. The van der Waals surface area contributed by atoms with Gasteiger partial charge in [0.15, 0.2) is 0 Å². The van der Waals surface area contributed by atoms with Crippen molar-refractivity contribution in [2.45, 2.75) is 0 Å². The number of halogens is 2. The first-order chi connectivity index (χ1) is 4.79. The zero-order chi connectivity index (χ0) is 7.14. The molecule has 0 spiro atoms. The van der Waals surface area contributed by atoms with E-state index in [9.17, 15) is 0 Å². The van der Waals surface area contributed by atoms with Crippen LogP contribution in [0.25, 0.3) is 10.2 Å². The third-order valence-corrected chi connectivity index (χ3v) is 3.17. The van der Waals surface area contributed by atoms with Crippen molar-refractivity contribution in [2.75, 3.05) is 0 Å². The molecule has 0 aliphatic heterocycles. The maximum absolute atomic E-state index is 5.81. The minimum atomic E-state index is 0.600. The van der Waals surface area contributed by atoms with Crippen LogP contribution in [0.15, 0.2) is 6.07 Å². The molecule has 2 rings (SSSR count). The highest BCUT2D eigenvalue weighted by Gasteiger charge is 2.07. The van der Waals surface area contributed by atoms with Gasteiger partial charge in [-0.1, -0.05) is 23.2 Å². The Morgan fingerprint density at radius 2 is 2.30 bits per heavy atom. The smallest absolute Gasteiger partial charge is 0.114 e. The first kappa shape index (κ1) is 6.53.